The van der Waals surface area contributed by atoms with Crippen LogP contribution in [0.5, 0.6) is 0 Å². The predicted molar refractivity (Wildman–Crippen MR) is 87.0 cm³/mol. The first-order valence-electron chi connectivity index (χ1n) is 7.56. The summed E-state index contributed by atoms with van der Waals surface area (Å²) in [6.45, 7) is 1.40. The number of aromatic nitrogens is 2. The number of primary amides is 1. The number of piperidine rings is 1. The van der Waals surface area contributed by atoms with Crippen LogP contribution in [0, 0.1) is 5.92 Å². The van der Waals surface area contributed by atoms with Gasteiger partial charge in [0, 0.05) is 32.0 Å². The maximum atomic E-state index is 12.2. The molecule has 2 N–H and O–H groups in total. The number of likely N-dealkylation sites (tertiary alicyclic amines) is 1. The molecule has 1 aliphatic rings. The van der Waals surface area contributed by atoms with Gasteiger partial charge in [-0.3, -0.25) is 19.0 Å². The lowest BCUT2D eigenvalue weighted by atomic mass is 9.96. The molecule has 2 aromatic rings. The Hall–Kier alpha value is -2.22. The fraction of sp³-hybridized carbons (Fsp3) is 0.467. The third kappa shape index (κ3) is 3.26. The molecule has 0 radical (unpaired) electrons. The van der Waals surface area contributed by atoms with Gasteiger partial charge in [-0.1, -0.05) is 0 Å². The summed E-state index contributed by atoms with van der Waals surface area (Å²) in [5.74, 6) is -0.434. The van der Waals surface area contributed by atoms with Crippen LogP contribution in [0.15, 0.2) is 22.6 Å². The molecule has 0 saturated carbocycles. The smallest absolute Gasteiger partial charge is 0.262 e. The van der Waals surface area contributed by atoms with Crippen molar-refractivity contribution in [3.05, 3.63) is 28.1 Å². The largest absolute Gasteiger partial charge is 0.369 e. The van der Waals surface area contributed by atoms with Gasteiger partial charge < -0.3 is 10.6 Å². The Kier molecular flexibility index (Phi) is 4.42. The molecule has 1 aliphatic heterocycles. The lowest BCUT2D eigenvalue weighted by molar-refractivity contribution is -0.135. The number of thiophene rings is 1. The van der Waals surface area contributed by atoms with E-state index in [4.69, 9.17) is 5.73 Å². The first-order chi connectivity index (χ1) is 11.1. The number of carbonyl (C=O) groups excluding carboxylic acids is 2. The van der Waals surface area contributed by atoms with Crippen molar-refractivity contribution in [3.63, 3.8) is 0 Å². The molecule has 7 nitrogen and oxygen atoms in total. The molecule has 1 saturated heterocycles. The summed E-state index contributed by atoms with van der Waals surface area (Å²) >= 11 is 1.42. The van der Waals surface area contributed by atoms with Crippen molar-refractivity contribution in [3.8, 4) is 0 Å². The number of nitrogens with zero attached hydrogens (tertiary/aromatic N) is 3. The van der Waals surface area contributed by atoms with Crippen LogP contribution in [-0.2, 0) is 16.1 Å². The van der Waals surface area contributed by atoms with Crippen molar-refractivity contribution < 1.29 is 9.59 Å². The molecular formula is C15H18N4O3S. The number of hydrogen-bond acceptors (Lipinski definition) is 5. The molecule has 0 aromatic carbocycles. The maximum absolute atomic E-state index is 12.2. The first-order valence-corrected chi connectivity index (χ1v) is 8.44. The fourth-order valence-electron chi connectivity index (χ4n) is 2.84. The Bertz CT molecular complexity index is 789. The topological polar surface area (TPSA) is 98.3 Å². The number of nitrogens with two attached hydrogens (primary N) is 1. The van der Waals surface area contributed by atoms with E-state index < -0.39 is 0 Å². The first kappa shape index (κ1) is 15.7. The molecule has 3 rings (SSSR count). The van der Waals surface area contributed by atoms with Gasteiger partial charge in [0.15, 0.2) is 0 Å². The summed E-state index contributed by atoms with van der Waals surface area (Å²) in [6.07, 6.45) is 2.97. The van der Waals surface area contributed by atoms with Crippen LogP contribution in [0.25, 0.3) is 10.2 Å². The summed E-state index contributed by atoms with van der Waals surface area (Å²) in [5.41, 5.74) is 5.18. The van der Waals surface area contributed by atoms with E-state index in [-0.39, 0.29) is 29.7 Å². The van der Waals surface area contributed by atoms with E-state index in [1.807, 2.05) is 5.38 Å². The van der Waals surface area contributed by atoms with Crippen LogP contribution < -0.4 is 11.3 Å². The highest BCUT2D eigenvalue weighted by atomic mass is 32.1. The van der Waals surface area contributed by atoms with E-state index in [2.05, 4.69) is 4.98 Å². The van der Waals surface area contributed by atoms with E-state index >= 15 is 0 Å². The second kappa shape index (κ2) is 6.49. The van der Waals surface area contributed by atoms with Crippen LogP contribution in [-0.4, -0.2) is 39.4 Å². The van der Waals surface area contributed by atoms with Crippen LogP contribution >= 0.6 is 11.3 Å². The van der Waals surface area contributed by atoms with E-state index in [0.29, 0.717) is 42.7 Å². The third-order valence-corrected chi connectivity index (χ3v) is 5.09. The van der Waals surface area contributed by atoms with Gasteiger partial charge in [0.25, 0.3) is 5.56 Å². The molecule has 8 heteroatoms. The SMILES string of the molecule is NC(=O)C1CCN(C(=O)CCn2cnc3sccc3c2=O)CC1. The number of fused-ring (bicyclic) bond motifs is 1. The number of aryl methyl sites for hydroxylation is 1. The molecule has 3 heterocycles. The summed E-state index contributed by atoms with van der Waals surface area (Å²) in [6, 6.07) is 1.75. The zero-order valence-corrected chi connectivity index (χ0v) is 13.4. The second-order valence-electron chi connectivity index (χ2n) is 5.69. The van der Waals surface area contributed by atoms with Crippen molar-refractivity contribution >= 4 is 33.4 Å². The van der Waals surface area contributed by atoms with Crippen LogP contribution in [0.3, 0.4) is 0 Å². The Morgan fingerprint density at radius 3 is 2.78 bits per heavy atom. The van der Waals surface area contributed by atoms with E-state index in [1.165, 1.54) is 22.2 Å². The normalized spacial score (nSPS) is 15.9. The molecule has 2 amide bonds. The fourth-order valence-corrected chi connectivity index (χ4v) is 3.56. The van der Waals surface area contributed by atoms with Crippen LogP contribution in [0.4, 0.5) is 0 Å². The quantitative estimate of drug-likeness (QED) is 0.884. The lowest BCUT2D eigenvalue weighted by Gasteiger charge is -2.30. The molecule has 0 bridgehead atoms. The molecule has 0 aliphatic carbocycles. The lowest BCUT2D eigenvalue weighted by Crippen LogP contribution is -2.42. The van der Waals surface area contributed by atoms with Crippen molar-refractivity contribution in [2.75, 3.05) is 13.1 Å². The molecule has 0 unspecified atom stereocenters. The molecular weight excluding hydrogens is 316 g/mol. The summed E-state index contributed by atoms with van der Waals surface area (Å²) in [5, 5.41) is 2.42. The summed E-state index contributed by atoms with van der Waals surface area (Å²) in [7, 11) is 0. The van der Waals surface area contributed by atoms with Crippen molar-refractivity contribution in [2.24, 2.45) is 11.7 Å². The van der Waals surface area contributed by atoms with Crippen LogP contribution in [0.1, 0.15) is 19.3 Å². The van der Waals surface area contributed by atoms with E-state index in [9.17, 15) is 14.4 Å². The van der Waals surface area contributed by atoms with Crippen LogP contribution in [0.2, 0.25) is 0 Å². The molecule has 23 heavy (non-hydrogen) atoms. The third-order valence-electron chi connectivity index (χ3n) is 4.27. The number of amides is 2. The van der Waals surface area contributed by atoms with Gasteiger partial charge in [0.2, 0.25) is 11.8 Å². The number of carbonyl (C=O) groups is 2. The van der Waals surface area contributed by atoms with Gasteiger partial charge >= 0.3 is 0 Å². The second-order valence-corrected chi connectivity index (χ2v) is 6.58. The number of rotatable bonds is 4. The average Bonchev–Trinajstić information content (AvgIpc) is 3.03. The monoisotopic (exact) mass is 334 g/mol. The Labute approximate surface area is 136 Å². The molecule has 2 aromatic heterocycles. The highest BCUT2D eigenvalue weighted by molar-refractivity contribution is 7.16. The minimum atomic E-state index is -0.293. The van der Waals surface area contributed by atoms with Crippen molar-refractivity contribution in [1.82, 2.24) is 14.5 Å². The zero-order chi connectivity index (χ0) is 16.4. The minimum Gasteiger partial charge on any atom is -0.369 e. The minimum absolute atomic E-state index is 0.00904. The zero-order valence-electron chi connectivity index (χ0n) is 12.6. The van der Waals surface area contributed by atoms with E-state index in [0.717, 1.165) is 0 Å². The molecule has 0 atom stereocenters. The van der Waals surface area contributed by atoms with Gasteiger partial charge in [-0.15, -0.1) is 11.3 Å². The Morgan fingerprint density at radius 2 is 2.09 bits per heavy atom. The maximum Gasteiger partial charge on any atom is 0.262 e. The predicted octanol–water partition coefficient (Wildman–Crippen LogP) is 0.572. The standard InChI is InChI=1S/C15H18N4O3S/c16-13(21)10-1-5-18(6-2-10)12(20)3-7-19-9-17-14-11(15(19)22)4-8-23-14/h4,8-10H,1-3,5-7H2,(H2,16,21). The molecule has 1 fully saturated rings. The van der Waals surface area contributed by atoms with E-state index in [1.54, 1.807) is 11.0 Å². The van der Waals surface area contributed by atoms with Crippen molar-refractivity contribution in [1.29, 1.82) is 0 Å². The number of hydrogen-bond donors (Lipinski definition) is 1. The Balaban J connectivity index is 1.59. The Morgan fingerprint density at radius 1 is 1.35 bits per heavy atom. The van der Waals surface area contributed by atoms with Gasteiger partial charge in [-0.05, 0) is 24.3 Å². The summed E-state index contributed by atoms with van der Waals surface area (Å²) < 4.78 is 1.48. The summed E-state index contributed by atoms with van der Waals surface area (Å²) in [4.78, 5) is 42.3. The van der Waals surface area contributed by atoms with Gasteiger partial charge in [0.1, 0.15) is 4.83 Å². The molecule has 122 valence electrons. The average molecular weight is 334 g/mol. The highest BCUT2D eigenvalue weighted by Crippen LogP contribution is 2.17. The van der Waals surface area contributed by atoms with Gasteiger partial charge in [0.05, 0.1) is 11.7 Å². The van der Waals surface area contributed by atoms with Gasteiger partial charge in [-0.25, -0.2) is 4.98 Å². The molecule has 0 spiro atoms. The van der Waals surface area contributed by atoms with Crippen molar-refractivity contribution in [2.45, 2.75) is 25.8 Å². The highest BCUT2D eigenvalue weighted by Gasteiger charge is 2.25. The van der Waals surface area contributed by atoms with Gasteiger partial charge in [-0.2, -0.15) is 0 Å².